The number of carboxylic acid groups (broad SMARTS) is 1. The summed E-state index contributed by atoms with van der Waals surface area (Å²) < 4.78 is 0. The van der Waals surface area contributed by atoms with Crippen molar-refractivity contribution in [3.05, 3.63) is 0 Å². The van der Waals surface area contributed by atoms with Crippen LogP contribution >= 0.6 is 0 Å². The van der Waals surface area contributed by atoms with E-state index in [1.165, 1.54) is 0 Å². The van der Waals surface area contributed by atoms with Crippen LogP contribution in [0.4, 0.5) is 4.79 Å². The van der Waals surface area contributed by atoms with Crippen LogP contribution < -0.4 is 5.32 Å². The third-order valence-corrected chi connectivity index (χ3v) is 4.05. The first-order valence-corrected chi connectivity index (χ1v) is 6.30. The molecule has 1 aliphatic carbocycles. The summed E-state index contributed by atoms with van der Waals surface area (Å²) in [6.45, 7) is 3.96. The van der Waals surface area contributed by atoms with E-state index < -0.39 is 11.4 Å². The number of nitrogens with one attached hydrogen (secondary N) is 1. The van der Waals surface area contributed by atoms with Gasteiger partial charge in [-0.2, -0.15) is 0 Å². The number of hydrogen-bond acceptors (Lipinski definition) is 2. The number of amides is 2. The van der Waals surface area contributed by atoms with Crippen molar-refractivity contribution in [1.82, 2.24) is 10.2 Å². The zero-order chi connectivity index (χ0) is 12.5. The van der Waals surface area contributed by atoms with Gasteiger partial charge in [0.25, 0.3) is 0 Å². The molecule has 1 atom stereocenters. The maximum Gasteiger partial charge on any atom is 0.317 e. The van der Waals surface area contributed by atoms with Crippen LogP contribution in [0.1, 0.15) is 32.6 Å². The van der Waals surface area contributed by atoms with Crippen molar-refractivity contribution >= 4 is 12.0 Å². The number of aliphatic carboxylic acids is 1. The summed E-state index contributed by atoms with van der Waals surface area (Å²) >= 11 is 0. The minimum atomic E-state index is -0.779. The summed E-state index contributed by atoms with van der Waals surface area (Å²) in [4.78, 5) is 24.7. The third-order valence-electron chi connectivity index (χ3n) is 4.05. The molecule has 17 heavy (non-hydrogen) atoms. The molecule has 2 rings (SSSR count). The van der Waals surface area contributed by atoms with Crippen LogP contribution in [0.2, 0.25) is 0 Å². The number of carbonyl (C=O) groups excluding carboxylic acids is 1. The minimum absolute atomic E-state index is 0.109. The summed E-state index contributed by atoms with van der Waals surface area (Å²) in [7, 11) is 0. The van der Waals surface area contributed by atoms with Gasteiger partial charge in [0.15, 0.2) is 0 Å². The largest absolute Gasteiger partial charge is 0.481 e. The molecule has 5 heteroatoms. The molecular weight excluding hydrogens is 220 g/mol. The molecule has 1 heterocycles. The number of likely N-dealkylation sites (tertiary alicyclic amines) is 1. The van der Waals surface area contributed by atoms with Gasteiger partial charge in [-0.1, -0.05) is 13.3 Å². The quantitative estimate of drug-likeness (QED) is 0.781. The molecule has 0 aromatic rings. The van der Waals surface area contributed by atoms with E-state index in [1.54, 1.807) is 4.90 Å². The number of carboxylic acids is 1. The summed E-state index contributed by atoms with van der Waals surface area (Å²) in [5, 5.41) is 11.9. The average Bonchev–Trinajstić information content (AvgIpc) is 2.62. The van der Waals surface area contributed by atoms with E-state index in [1.807, 2.05) is 0 Å². The van der Waals surface area contributed by atoms with E-state index in [2.05, 4.69) is 12.2 Å². The van der Waals surface area contributed by atoms with Crippen LogP contribution in [0.5, 0.6) is 0 Å². The zero-order valence-corrected chi connectivity index (χ0v) is 10.2. The molecule has 1 saturated heterocycles. The Morgan fingerprint density at radius 3 is 2.59 bits per heavy atom. The highest BCUT2D eigenvalue weighted by molar-refractivity contribution is 5.79. The predicted octanol–water partition coefficient (Wildman–Crippen LogP) is 1.29. The molecule has 5 nitrogen and oxygen atoms in total. The molecule has 1 saturated carbocycles. The van der Waals surface area contributed by atoms with Crippen molar-refractivity contribution in [2.45, 2.75) is 32.6 Å². The fourth-order valence-corrected chi connectivity index (χ4v) is 2.55. The van der Waals surface area contributed by atoms with Crippen LogP contribution in [0, 0.1) is 11.3 Å². The van der Waals surface area contributed by atoms with E-state index in [0.717, 1.165) is 25.9 Å². The van der Waals surface area contributed by atoms with Gasteiger partial charge in [-0.15, -0.1) is 0 Å². The van der Waals surface area contributed by atoms with Gasteiger partial charge in [-0.3, -0.25) is 4.79 Å². The van der Waals surface area contributed by atoms with Crippen molar-refractivity contribution < 1.29 is 14.7 Å². The summed E-state index contributed by atoms with van der Waals surface area (Å²) in [5.41, 5.74) is -0.693. The van der Waals surface area contributed by atoms with Crippen molar-refractivity contribution in [2.24, 2.45) is 11.3 Å². The first-order chi connectivity index (χ1) is 8.03. The van der Waals surface area contributed by atoms with Crippen LogP contribution in [0.25, 0.3) is 0 Å². The molecule has 2 N–H and O–H groups in total. The molecule has 0 bridgehead atoms. The van der Waals surface area contributed by atoms with Gasteiger partial charge >= 0.3 is 12.0 Å². The molecule has 2 amide bonds. The Bertz CT molecular complexity index is 326. The lowest BCUT2D eigenvalue weighted by molar-refractivity contribution is -0.153. The molecule has 2 aliphatic rings. The molecule has 0 aromatic carbocycles. The Labute approximate surface area is 101 Å². The molecule has 2 fully saturated rings. The Balaban J connectivity index is 1.81. The van der Waals surface area contributed by atoms with Gasteiger partial charge in [0.1, 0.15) is 0 Å². The maximum atomic E-state index is 11.8. The van der Waals surface area contributed by atoms with Crippen LogP contribution in [0.3, 0.4) is 0 Å². The smallest absolute Gasteiger partial charge is 0.317 e. The SMILES string of the molecule is CC1CCN(C(=O)NCC2(C(=O)O)CCC2)C1. The van der Waals surface area contributed by atoms with Crippen LogP contribution in [-0.4, -0.2) is 41.6 Å². The van der Waals surface area contributed by atoms with E-state index in [4.69, 9.17) is 5.11 Å². The summed E-state index contributed by atoms with van der Waals surface area (Å²) in [6, 6.07) is -0.109. The van der Waals surface area contributed by atoms with Crippen LogP contribution in [0.15, 0.2) is 0 Å². The molecular formula is C12H20N2O3. The third kappa shape index (κ3) is 2.37. The van der Waals surface area contributed by atoms with E-state index in [-0.39, 0.29) is 12.6 Å². The van der Waals surface area contributed by atoms with Crippen molar-refractivity contribution in [3.8, 4) is 0 Å². The Hall–Kier alpha value is -1.26. The average molecular weight is 240 g/mol. The lowest BCUT2D eigenvalue weighted by Crippen LogP contribution is -2.50. The van der Waals surface area contributed by atoms with Gasteiger partial charge in [0.2, 0.25) is 0 Å². The number of urea groups is 1. The number of nitrogens with zero attached hydrogens (tertiary/aromatic N) is 1. The molecule has 0 aromatic heterocycles. The normalized spacial score (nSPS) is 26.4. The Morgan fingerprint density at radius 1 is 1.47 bits per heavy atom. The highest BCUT2D eigenvalue weighted by Gasteiger charge is 2.44. The van der Waals surface area contributed by atoms with Crippen molar-refractivity contribution in [2.75, 3.05) is 19.6 Å². The van der Waals surface area contributed by atoms with E-state index >= 15 is 0 Å². The highest BCUT2D eigenvalue weighted by atomic mass is 16.4. The van der Waals surface area contributed by atoms with E-state index in [9.17, 15) is 9.59 Å². The highest BCUT2D eigenvalue weighted by Crippen LogP contribution is 2.40. The number of hydrogen-bond donors (Lipinski definition) is 2. The number of carbonyl (C=O) groups is 2. The molecule has 96 valence electrons. The second kappa shape index (κ2) is 4.55. The summed E-state index contributed by atoms with van der Waals surface area (Å²) in [5.74, 6) is -0.225. The second-order valence-corrected chi connectivity index (χ2v) is 5.44. The lowest BCUT2D eigenvalue weighted by Gasteiger charge is -2.37. The Kier molecular flexibility index (Phi) is 3.26. The fourth-order valence-electron chi connectivity index (χ4n) is 2.55. The predicted molar refractivity (Wildman–Crippen MR) is 62.7 cm³/mol. The zero-order valence-electron chi connectivity index (χ0n) is 10.2. The maximum absolute atomic E-state index is 11.8. The van der Waals surface area contributed by atoms with E-state index in [0.29, 0.717) is 18.8 Å². The lowest BCUT2D eigenvalue weighted by atomic mass is 9.69. The molecule has 0 radical (unpaired) electrons. The standard InChI is InChI=1S/C12H20N2O3/c1-9-3-6-14(7-9)11(17)13-8-12(10(15)16)4-2-5-12/h9H,2-8H2,1H3,(H,13,17)(H,15,16). The molecule has 0 spiro atoms. The first kappa shape index (κ1) is 12.2. The van der Waals surface area contributed by atoms with Gasteiger partial charge in [0, 0.05) is 19.6 Å². The van der Waals surface area contributed by atoms with Gasteiger partial charge in [-0.25, -0.2) is 4.79 Å². The first-order valence-electron chi connectivity index (χ1n) is 6.30. The second-order valence-electron chi connectivity index (χ2n) is 5.44. The van der Waals surface area contributed by atoms with Crippen molar-refractivity contribution in [1.29, 1.82) is 0 Å². The van der Waals surface area contributed by atoms with Gasteiger partial charge in [0.05, 0.1) is 5.41 Å². The fraction of sp³-hybridized carbons (Fsp3) is 0.833. The Morgan fingerprint density at radius 2 is 2.18 bits per heavy atom. The number of rotatable bonds is 3. The summed E-state index contributed by atoms with van der Waals surface area (Å²) in [6.07, 6.45) is 3.35. The monoisotopic (exact) mass is 240 g/mol. The van der Waals surface area contributed by atoms with Gasteiger partial charge in [-0.05, 0) is 25.2 Å². The molecule has 1 unspecified atom stereocenters. The molecule has 1 aliphatic heterocycles. The topological polar surface area (TPSA) is 69.6 Å². The minimum Gasteiger partial charge on any atom is -0.481 e. The van der Waals surface area contributed by atoms with Crippen LogP contribution in [-0.2, 0) is 4.79 Å². The van der Waals surface area contributed by atoms with Gasteiger partial charge < -0.3 is 15.3 Å². The van der Waals surface area contributed by atoms with Crippen molar-refractivity contribution in [3.63, 3.8) is 0 Å².